The minimum atomic E-state index is -0.205. The Morgan fingerprint density at radius 1 is 1.21 bits per heavy atom. The van der Waals surface area contributed by atoms with Crippen LogP contribution in [0.1, 0.15) is 19.3 Å². The summed E-state index contributed by atoms with van der Waals surface area (Å²) in [5.74, 6) is 1.82. The van der Waals surface area contributed by atoms with Gasteiger partial charge in [0.2, 0.25) is 0 Å². The zero-order chi connectivity index (χ0) is 13.4. The van der Waals surface area contributed by atoms with E-state index >= 15 is 0 Å². The summed E-state index contributed by atoms with van der Waals surface area (Å²) in [6.07, 6.45) is 3.44. The quantitative estimate of drug-likeness (QED) is 0.891. The fraction of sp³-hybridized carbons (Fsp3) is 0.600. The van der Waals surface area contributed by atoms with Crippen LogP contribution in [-0.4, -0.2) is 26.2 Å². The molecule has 1 aromatic carbocycles. The Morgan fingerprint density at radius 3 is 2.53 bits per heavy atom. The lowest BCUT2D eigenvalue weighted by atomic mass is 9.75. The van der Waals surface area contributed by atoms with Crippen LogP contribution in [0.25, 0.3) is 0 Å². The normalized spacial score (nSPS) is 30.3. The van der Waals surface area contributed by atoms with Crippen molar-refractivity contribution in [1.29, 1.82) is 0 Å². The first-order valence-electron chi connectivity index (χ1n) is 6.99. The van der Waals surface area contributed by atoms with Gasteiger partial charge in [-0.15, -0.1) is 0 Å². The number of anilines is 1. The molecule has 0 radical (unpaired) electrons. The van der Waals surface area contributed by atoms with Crippen molar-refractivity contribution in [3.63, 3.8) is 0 Å². The van der Waals surface area contributed by atoms with Crippen molar-refractivity contribution >= 4 is 5.69 Å². The molecule has 4 heteroatoms. The zero-order valence-corrected chi connectivity index (χ0v) is 11.3. The molecule has 1 aliphatic heterocycles. The number of piperidine rings is 1. The molecule has 0 amide bonds. The lowest BCUT2D eigenvalue weighted by molar-refractivity contribution is 0.208. The SMILES string of the molecule is COc1ccc(F)cc1N1CC2CC(N)CC(C2)C1. The van der Waals surface area contributed by atoms with Gasteiger partial charge in [0.15, 0.2) is 0 Å². The molecule has 104 valence electrons. The summed E-state index contributed by atoms with van der Waals surface area (Å²) in [7, 11) is 1.64. The van der Waals surface area contributed by atoms with Gasteiger partial charge >= 0.3 is 0 Å². The standard InChI is InChI=1S/C15H21FN2O/c1-19-15-3-2-12(16)7-14(15)18-8-10-4-11(9-18)6-13(17)5-10/h2-3,7,10-11,13H,4-6,8-9,17H2,1H3. The minimum Gasteiger partial charge on any atom is -0.495 e. The molecule has 0 spiro atoms. The van der Waals surface area contributed by atoms with E-state index in [1.54, 1.807) is 19.2 Å². The van der Waals surface area contributed by atoms with Gasteiger partial charge in [0.1, 0.15) is 11.6 Å². The van der Waals surface area contributed by atoms with Crippen LogP contribution in [0.3, 0.4) is 0 Å². The van der Waals surface area contributed by atoms with Crippen molar-refractivity contribution in [3.8, 4) is 5.75 Å². The van der Waals surface area contributed by atoms with Gasteiger partial charge in [0.05, 0.1) is 12.8 Å². The number of methoxy groups -OCH3 is 1. The molecule has 1 heterocycles. The number of hydrogen-bond donors (Lipinski definition) is 1. The van der Waals surface area contributed by atoms with E-state index in [0.29, 0.717) is 17.9 Å². The third-order valence-corrected chi connectivity index (χ3v) is 4.38. The van der Waals surface area contributed by atoms with Crippen LogP contribution < -0.4 is 15.4 Å². The first-order chi connectivity index (χ1) is 9.15. The minimum absolute atomic E-state index is 0.205. The van der Waals surface area contributed by atoms with E-state index in [0.717, 1.165) is 37.4 Å². The number of hydrogen-bond acceptors (Lipinski definition) is 3. The van der Waals surface area contributed by atoms with E-state index in [9.17, 15) is 4.39 Å². The smallest absolute Gasteiger partial charge is 0.142 e. The molecule has 0 aromatic heterocycles. The highest BCUT2D eigenvalue weighted by Gasteiger charge is 2.34. The summed E-state index contributed by atoms with van der Waals surface area (Å²) in [5.41, 5.74) is 6.97. The van der Waals surface area contributed by atoms with Gasteiger partial charge in [-0.05, 0) is 43.2 Å². The third-order valence-electron chi connectivity index (χ3n) is 4.38. The fourth-order valence-electron chi connectivity index (χ4n) is 3.72. The molecule has 1 aliphatic carbocycles. The monoisotopic (exact) mass is 264 g/mol. The molecule has 1 aromatic rings. The highest BCUT2D eigenvalue weighted by Crippen LogP contribution is 2.38. The van der Waals surface area contributed by atoms with Gasteiger partial charge < -0.3 is 15.4 Å². The van der Waals surface area contributed by atoms with Crippen molar-refractivity contribution in [3.05, 3.63) is 24.0 Å². The zero-order valence-electron chi connectivity index (χ0n) is 11.3. The largest absolute Gasteiger partial charge is 0.495 e. The molecule has 1 saturated heterocycles. The third kappa shape index (κ3) is 2.54. The van der Waals surface area contributed by atoms with Crippen molar-refractivity contribution in [2.24, 2.45) is 17.6 Å². The number of ether oxygens (including phenoxy) is 1. The number of benzene rings is 1. The summed E-state index contributed by atoms with van der Waals surface area (Å²) < 4.78 is 18.9. The Hall–Kier alpha value is -1.29. The van der Waals surface area contributed by atoms with Gasteiger partial charge in [0, 0.05) is 25.2 Å². The van der Waals surface area contributed by atoms with Crippen molar-refractivity contribution in [2.75, 3.05) is 25.1 Å². The van der Waals surface area contributed by atoms with Crippen LogP contribution in [0.15, 0.2) is 18.2 Å². The second-order valence-corrected chi connectivity index (χ2v) is 5.92. The van der Waals surface area contributed by atoms with E-state index in [1.165, 1.54) is 12.5 Å². The van der Waals surface area contributed by atoms with E-state index in [4.69, 9.17) is 10.5 Å². The average Bonchev–Trinajstić information content (AvgIpc) is 2.37. The highest BCUT2D eigenvalue weighted by atomic mass is 19.1. The van der Waals surface area contributed by atoms with Gasteiger partial charge in [-0.25, -0.2) is 4.39 Å². The van der Waals surface area contributed by atoms with Crippen LogP contribution >= 0.6 is 0 Å². The topological polar surface area (TPSA) is 38.5 Å². The molecule has 1 saturated carbocycles. The number of rotatable bonds is 2. The summed E-state index contributed by atoms with van der Waals surface area (Å²) in [6, 6.07) is 5.09. The molecule has 3 rings (SSSR count). The molecular formula is C15H21FN2O. The van der Waals surface area contributed by atoms with Crippen LogP contribution in [0.4, 0.5) is 10.1 Å². The maximum Gasteiger partial charge on any atom is 0.142 e. The number of halogens is 1. The molecular weight excluding hydrogens is 243 g/mol. The predicted molar refractivity (Wildman–Crippen MR) is 74.0 cm³/mol. The summed E-state index contributed by atoms with van der Waals surface area (Å²) in [6.45, 7) is 1.92. The Bertz CT molecular complexity index is 447. The van der Waals surface area contributed by atoms with Crippen molar-refractivity contribution < 1.29 is 9.13 Å². The van der Waals surface area contributed by atoms with Crippen molar-refractivity contribution in [1.82, 2.24) is 0 Å². The average molecular weight is 264 g/mol. The predicted octanol–water partition coefficient (Wildman–Crippen LogP) is 2.40. The Labute approximate surface area is 113 Å². The number of nitrogens with zero attached hydrogens (tertiary/aromatic N) is 1. The molecule has 2 N–H and O–H groups in total. The van der Waals surface area contributed by atoms with Crippen molar-refractivity contribution in [2.45, 2.75) is 25.3 Å². The number of fused-ring (bicyclic) bond motifs is 2. The van der Waals surface area contributed by atoms with Gasteiger partial charge in [-0.2, -0.15) is 0 Å². The van der Waals surface area contributed by atoms with Gasteiger partial charge in [-0.3, -0.25) is 0 Å². The molecule has 2 aliphatic rings. The second-order valence-electron chi connectivity index (χ2n) is 5.92. The van der Waals surface area contributed by atoms with Crippen LogP contribution in [0.5, 0.6) is 5.75 Å². The molecule has 3 nitrogen and oxygen atoms in total. The van der Waals surface area contributed by atoms with Gasteiger partial charge in [-0.1, -0.05) is 0 Å². The van der Waals surface area contributed by atoms with E-state index in [1.807, 2.05) is 0 Å². The fourth-order valence-corrected chi connectivity index (χ4v) is 3.72. The summed E-state index contributed by atoms with van der Waals surface area (Å²) in [4.78, 5) is 2.27. The van der Waals surface area contributed by atoms with Gasteiger partial charge in [0.25, 0.3) is 0 Å². The maximum atomic E-state index is 13.5. The van der Waals surface area contributed by atoms with Crippen LogP contribution in [0, 0.1) is 17.7 Å². The Morgan fingerprint density at radius 2 is 1.89 bits per heavy atom. The Balaban J connectivity index is 1.85. The Kier molecular flexibility index (Phi) is 3.35. The molecule has 2 unspecified atom stereocenters. The second kappa shape index (κ2) is 5.00. The highest BCUT2D eigenvalue weighted by molar-refractivity contribution is 5.59. The molecule has 2 atom stereocenters. The molecule has 2 fully saturated rings. The lowest BCUT2D eigenvalue weighted by Crippen LogP contribution is -2.48. The molecule has 2 bridgehead atoms. The number of nitrogens with two attached hydrogens (primary N) is 1. The van der Waals surface area contributed by atoms with E-state index < -0.39 is 0 Å². The van der Waals surface area contributed by atoms with Crippen LogP contribution in [0.2, 0.25) is 0 Å². The summed E-state index contributed by atoms with van der Waals surface area (Å²) >= 11 is 0. The lowest BCUT2D eigenvalue weighted by Gasteiger charge is -2.44. The first kappa shape index (κ1) is 12.7. The van der Waals surface area contributed by atoms with E-state index in [-0.39, 0.29) is 5.82 Å². The van der Waals surface area contributed by atoms with Crippen LogP contribution in [-0.2, 0) is 0 Å². The first-order valence-corrected chi connectivity index (χ1v) is 6.99. The van der Waals surface area contributed by atoms with E-state index in [2.05, 4.69) is 4.90 Å². The molecule has 19 heavy (non-hydrogen) atoms. The summed E-state index contributed by atoms with van der Waals surface area (Å²) in [5, 5.41) is 0. The maximum absolute atomic E-state index is 13.5.